The topological polar surface area (TPSA) is 47.0 Å². The number of rotatable bonds is 1. The SMILES string of the molecule is CN1CCN([C@H]2CN(C(=O)C(C)(C)C)C[C@@H]2O)CC1. The van der Waals surface area contributed by atoms with Crippen molar-refractivity contribution in [3.05, 3.63) is 0 Å². The number of carbonyl (C=O) groups excluding carboxylic acids is 1. The zero-order valence-electron chi connectivity index (χ0n) is 12.6. The number of β-amino-alcohol motifs (C(OH)–C–C–N with tert-alkyl or cyclic N) is 1. The highest BCUT2D eigenvalue weighted by atomic mass is 16.3. The van der Waals surface area contributed by atoms with E-state index >= 15 is 0 Å². The first kappa shape index (κ1) is 14.8. The first-order valence-corrected chi connectivity index (χ1v) is 7.19. The molecule has 0 saturated carbocycles. The molecule has 1 N–H and O–H groups in total. The zero-order chi connectivity index (χ0) is 14.2. The van der Waals surface area contributed by atoms with E-state index in [9.17, 15) is 9.90 Å². The van der Waals surface area contributed by atoms with Gasteiger partial charge in [-0.25, -0.2) is 0 Å². The minimum atomic E-state index is -0.408. The number of aliphatic hydroxyl groups excluding tert-OH is 1. The number of piperazine rings is 1. The van der Waals surface area contributed by atoms with E-state index < -0.39 is 6.10 Å². The number of nitrogens with zero attached hydrogens (tertiary/aromatic N) is 3. The van der Waals surface area contributed by atoms with Crippen molar-refractivity contribution in [1.82, 2.24) is 14.7 Å². The number of carbonyl (C=O) groups is 1. The zero-order valence-corrected chi connectivity index (χ0v) is 12.6. The molecule has 2 aliphatic heterocycles. The van der Waals surface area contributed by atoms with E-state index in [4.69, 9.17) is 0 Å². The van der Waals surface area contributed by atoms with E-state index in [0.29, 0.717) is 13.1 Å². The number of hydrogen-bond donors (Lipinski definition) is 1. The molecule has 0 bridgehead atoms. The quantitative estimate of drug-likeness (QED) is 0.719. The van der Waals surface area contributed by atoms with Crippen molar-refractivity contribution >= 4 is 5.91 Å². The lowest BCUT2D eigenvalue weighted by atomic mass is 9.95. The maximum absolute atomic E-state index is 12.3. The molecule has 0 aromatic rings. The Hall–Kier alpha value is -0.650. The molecule has 2 rings (SSSR count). The van der Waals surface area contributed by atoms with Crippen LogP contribution in [-0.2, 0) is 4.79 Å². The van der Waals surface area contributed by atoms with E-state index in [2.05, 4.69) is 16.8 Å². The molecule has 5 heteroatoms. The second-order valence-corrected chi connectivity index (χ2v) is 6.93. The lowest BCUT2D eigenvalue weighted by molar-refractivity contribution is -0.138. The Kier molecular flexibility index (Phi) is 4.18. The predicted octanol–water partition coefficient (Wildman–Crippen LogP) is -0.148. The Bertz CT molecular complexity index is 332. The standard InChI is InChI=1S/C14H27N3O2/c1-14(2,3)13(19)17-9-11(12(18)10-17)16-7-5-15(4)6-8-16/h11-12,18H,5-10H2,1-4H3/t11-,12-/m0/s1. The lowest BCUT2D eigenvalue weighted by Crippen LogP contribution is -2.52. The molecular formula is C14H27N3O2. The van der Waals surface area contributed by atoms with Crippen LogP contribution in [0.5, 0.6) is 0 Å². The number of likely N-dealkylation sites (tertiary alicyclic amines) is 1. The molecule has 2 saturated heterocycles. The Morgan fingerprint density at radius 1 is 1.11 bits per heavy atom. The van der Waals surface area contributed by atoms with Gasteiger partial charge in [0, 0.05) is 44.7 Å². The van der Waals surface area contributed by atoms with Gasteiger partial charge in [-0.3, -0.25) is 9.69 Å². The van der Waals surface area contributed by atoms with Gasteiger partial charge in [0.15, 0.2) is 0 Å². The van der Waals surface area contributed by atoms with Crippen LogP contribution in [0.2, 0.25) is 0 Å². The molecule has 5 nitrogen and oxygen atoms in total. The maximum Gasteiger partial charge on any atom is 0.228 e. The molecule has 0 aliphatic carbocycles. The summed E-state index contributed by atoms with van der Waals surface area (Å²) in [7, 11) is 2.12. The van der Waals surface area contributed by atoms with Gasteiger partial charge in [-0.15, -0.1) is 0 Å². The van der Waals surface area contributed by atoms with Crippen molar-refractivity contribution in [3.63, 3.8) is 0 Å². The van der Waals surface area contributed by atoms with Gasteiger partial charge in [-0.1, -0.05) is 20.8 Å². The largest absolute Gasteiger partial charge is 0.390 e. The third-order valence-electron chi connectivity index (χ3n) is 4.19. The van der Waals surface area contributed by atoms with Gasteiger partial charge in [0.05, 0.1) is 12.1 Å². The van der Waals surface area contributed by atoms with Crippen molar-refractivity contribution in [2.24, 2.45) is 5.41 Å². The molecule has 110 valence electrons. The van der Waals surface area contributed by atoms with Crippen LogP contribution in [0.3, 0.4) is 0 Å². The molecule has 2 heterocycles. The Morgan fingerprint density at radius 2 is 1.68 bits per heavy atom. The van der Waals surface area contributed by atoms with Gasteiger partial charge >= 0.3 is 0 Å². The summed E-state index contributed by atoms with van der Waals surface area (Å²) in [5, 5.41) is 10.2. The third kappa shape index (κ3) is 3.27. The summed E-state index contributed by atoms with van der Waals surface area (Å²) in [5.74, 6) is 0.142. The van der Waals surface area contributed by atoms with E-state index in [1.165, 1.54) is 0 Å². The summed E-state index contributed by atoms with van der Waals surface area (Å²) < 4.78 is 0. The van der Waals surface area contributed by atoms with Crippen molar-refractivity contribution in [3.8, 4) is 0 Å². The second kappa shape index (κ2) is 5.38. The molecule has 1 amide bonds. The lowest BCUT2D eigenvalue weighted by Gasteiger charge is -2.37. The fourth-order valence-corrected chi connectivity index (χ4v) is 2.92. The smallest absolute Gasteiger partial charge is 0.228 e. The summed E-state index contributed by atoms with van der Waals surface area (Å²) in [5.41, 5.74) is -0.364. The summed E-state index contributed by atoms with van der Waals surface area (Å²) in [4.78, 5) is 18.7. The summed E-state index contributed by atoms with van der Waals surface area (Å²) >= 11 is 0. The van der Waals surface area contributed by atoms with Crippen LogP contribution < -0.4 is 0 Å². The van der Waals surface area contributed by atoms with Crippen molar-refractivity contribution in [2.75, 3.05) is 46.3 Å². The molecule has 2 fully saturated rings. The summed E-state index contributed by atoms with van der Waals surface area (Å²) in [6.45, 7) is 11.0. The van der Waals surface area contributed by atoms with Crippen LogP contribution >= 0.6 is 0 Å². The van der Waals surface area contributed by atoms with Crippen LogP contribution in [0, 0.1) is 5.41 Å². The minimum Gasteiger partial charge on any atom is -0.390 e. The van der Waals surface area contributed by atoms with Gasteiger partial charge in [-0.2, -0.15) is 0 Å². The predicted molar refractivity (Wildman–Crippen MR) is 74.9 cm³/mol. The molecule has 0 unspecified atom stereocenters. The van der Waals surface area contributed by atoms with Crippen LogP contribution in [-0.4, -0.2) is 84.2 Å². The molecule has 19 heavy (non-hydrogen) atoms. The Labute approximate surface area is 116 Å². The summed E-state index contributed by atoms with van der Waals surface area (Å²) in [6, 6.07) is 0.111. The fraction of sp³-hybridized carbons (Fsp3) is 0.929. The first-order valence-electron chi connectivity index (χ1n) is 7.19. The van der Waals surface area contributed by atoms with Gasteiger partial charge in [-0.05, 0) is 7.05 Å². The van der Waals surface area contributed by atoms with Gasteiger partial charge in [0.2, 0.25) is 5.91 Å². The first-order chi connectivity index (χ1) is 8.79. The highest BCUT2D eigenvalue weighted by Crippen LogP contribution is 2.24. The molecule has 0 spiro atoms. The van der Waals surface area contributed by atoms with Crippen molar-refractivity contribution < 1.29 is 9.90 Å². The van der Waals surface area contributed by atoms with Gasteiger partial charge in [0.25, 0.3) is 0 Å². The Balaban J connectivity index is 1.96. The number of hydrogen-bond acceptors (Lipinski definition) is 4. The molecular weight excluding hydrogens is 242 g/mol. The van der Waals surface area contributed by atoms with Gasteiger partial charge < -0.3 is 14.9 Å². The number of likely N-dealkylation sites (N-methyl/N-ethyl adjacent to an activating group) is 1. The van der Waals surface area contributed by atoms with Crippen LogP contribution in [0.15, 0.2) is 0 Å². The third-order valence-corrected chi connectivity index (χ3v) is 4.19. The molecule has 0 aromatic carbocycles. The number of amides is 1. The highest BCUT2D eigenvalue weighted by Gasteiger charge is 2.40. The van der Waals surface area contributed by atoms with Gasteiger partial charge in [0.1, 0.15) is 0 Å². The van der Waals surface area contributed by atoms with Crippen LogP contribution in [0.4, 0.5) is 0 Å². The maximum atomic E-state index is 12.3. The second-order valence-electron chi connectivity index (χ2n) is 6.93. The van der Waals surface area contributed by atoms with Crippen LogP contribution in [0.25, 0.3) is 0 Å². The monoisotopic (exact) mass is 269 g/mol. The normalized spacial score (nSPS) is 30.9. The molecule has 0 aromatic heterocycles. The van der Waals surface area contributed by atoms with Crippen molar-refractivity contribution in [1.29, 1.82) is 0 Å². The van der Waals surface area contributed by atoms with Crippen LogP contribution in [0.1, 0.15) is 20.8 Å². The van der Waals surface area contributed by atoms with E-state index in [1.807, 2.05) is 25.7 Å². The van der Waals surface area contributed by atoms with E-state index in [-0.39, 0.29) is 17.4 Å². The molecule has 0 radical (unpaired) electrons. The van der Waals surface area contributed by atoms with Crippen molar-refractivity contribution in [2.45, 2.75) is 32.9 Å². The molecule has 2 atom stereocenters. The minimum absolute atomic E-state index is 0.111. The Morgan fingerprint density at radius 3 is 2.21 bits per heavy atom. The highest BCUT2D eigenvalue weighted by molar-refractivity contribution is 5.81. The van der Waals surface area contributed by atoms with E-state index in [1.54, 1.807) is 0 Å². The average molecular weight is 269 g/mol. The summed E-state index contributed by atoms with van der Waals surface area (Å²) in [6.07, 6.45) is -0.408. The molecule has 2 aliphatic rings. The fourth-order valence-electron chi connectivity index (χ4n) is 2.92. The average Bonchev–Trinajstić information content (AvgIpc) is 2.70. The number of aliphatic hydroxyl groups is 1. The van der Waals surface area contributed by atoms with E-state index in [0.717, 1.165) is 26.2 Å².